The van der Waals surface area contributed by atoms with E-state index in [-0.39, 0.29) is 19.0 Å². The molecule has 2 aliphatic heterocycles. The third-order valence-electron chi connectivity index (χ3n) is 2.89. The topological polar surface area (TPSA) is 120 Å². The number of carbonyl (C=O) groups excluding carboxylic acids is 1. The van der Waals surface area contributed by atoms with E-state index in [0.717, 1.165) is 0 Å². The Morgan fingerprint density at radius 2 is 2.41 bits per heavy atom. The minimum Gasteiger partial charge on any atom is -0.394 e. The van der Waals surface area contributed by atoms with Gasteiger partial charge < -0.3 is 20.7 Å². The van der Waals surface area contributed by atoms with Gasteiger partial charge in [0.05, 0.1) is 12.7 Å². The lowest BCUT2D eigenvalue weighted by Gasteiger charge is -2.34. The van der Waals surface area contributed by atoms with E-state index in [1.54, 1.807) is 6.92 Å². The molecule has 1 fully saturated rings. The first-order valence-corrected chi connectivity index (χ1v) is 5.40. The largest absolute Gasteiger partial charge is 0.394 e. The van der Waals surface area contributed by atoms with E-state index in [4.69, 9.17) is 15.6 Å². The number of hydrogen-bond donors (Lipinski definition) is 4. The van der Waals surface area contributed by atoms with Crippen molar-refractivity contribution in [2.24, 2.45) is 10.7 Å². The number of amides is 2. The van der Waals surface area contributed by atoms with Crippen LogP contribution in [0.1, 0.15) is 13.3 Å². The zero-order valence-corrected chi connectivity index (χ0v) is 9.41. The summed E-state index contributed by atoms with van der Waals surface area (Å²) < 4.78 is 5.39. The summed E-state index contributed by atoms with van der Waals surface area (Å²) in [5, 5.41) is 21.0. The Morgan fingerprint density at radius 3 is 2.94 bits per heavy atom. The monoisotopic (exact) mass is 244 g/mol. The summed E-state index contributed by atoms with van der Waals surface area (Å²) in [4.78, 5) is 17.1. The lowest BCUT2D eigenvalue weighted by molar-refractivity contribution is -0.0725. The van der Waals surface area contributed by atoms with Gasteiger partial charge in [-0.25, -0.2) is 9.79 Å². The maximum Gasteiger partial charge on any atom is 0.327 e. The number of aliphatic hydroxyl groups is 2. The number of guanidine groups is 1. The molecule has 5 N–H and O–H groups in total. The lowest BCUT2D eigenvalue weighted by Crippen LogP contribution is -2.57. The number of aliphatic hydroxyl groups excluding tert-OH is 2. The van der Waals surface area contributed by atoms with Crippen LogP contribution in [0.4, 0.5) is 4.79 Å². The van der Waals surface area contributed by atoms with Gasteiger partial charge in [-0.3, -0.25) is 10.2 Å². The molecule has 0 saturated carbocycles. The second kappa shape index (κ2) is 4.47. The Balaban J connectivity index is 2.11. The fourth-order valence-electron chi connectivity index (χ4n) is 2.06. The summed E-state index contributed by atoms with van der Waals surface area (Å²) in [5.74, 6) is 0.0657. The van der Waals surface area contributed by atoms with Gasteiger partial charge in [-0.2, -0.15) is 0 Å². The van der Waals surface area contributed by atoms with Crippen molar-refractivity contribution in [3.05, 3.63) is 0 Å². The van der Waals surface area contributed by atoms with Crippen LogP contribution < -0.4 is 11.1 Å². The first kappa shape index (κ1) is 12.1. The van der Waals surface area contributed by atoms with Crippen LogP contribution in [0.2, 0.25) is 0 Å². The summed E-state index contributed by atoms with van der Waals surface area (Å²) in [5.41, 5.74) is 5.42. The molecule has 4 atom stereocenters. The molecule has 0 spiro atoms. The molecular formula is C9H16N4O4. The van der Waals surface area contributed by atoms with E-state index < -0.39 is 30.6 Å². The van der Waals surface area contributed by atoms with Gasteiger partial charge in [0.25, 0.3) is 0 Å². The molecule has 0 radical (unpaired) electrons. The number of urea groups is 1. The van der Waals surface area contributed by atoms with Crippen molar-refractivity contribution in [3.8, 4) is 0 Å². The Hall–Kier alpha value is -1.38. The van der Waals surface area contributed by atoms with E-state index >= 15 is 0 Å². The number of aliphatic imine (C=N–C) groups is 1. The highest BCUT2D eigenvalue weighted by molar-refractivity contribution is 5.97. The van der Waals surface area contributed by atoms with Gasteiger partial charge in [-0.15, -0.1) is 0 Å². The summed E-state index contributed by atoms with van der Waals surface area (Å²) in [6, 6.07) is -0.416. The second-order valence-corrected chi connectivity index (χ2v) is 4.10. The summed E-state index contributed by atoms with van der Waals surface area (Å²) in [6.45, 7) is 1.42. The van der Waals surface area contributed by atoms with Gasteiger partial charge in [0.15, 0.2) is 5.96 Å². The van der Waals surface area contributed by atoms with E-state index in [0.29, 0.717) is 0 Å². The molecule has 8 nitrogen and oxygen atoms in total. The van der Waals surface area contributed by atoms with Crippen molar-refractivity contribution in [1.29, 1.82) is 0 Å². The molecule has 0 aromatic heterocycles. The number of nitrogens with two attached hydrogens (primary N) is 1. The average Bonchev–Trinajstić information content (AvgIpc) is 2.57. The van der Waals surface area contributed by atoms with Crippen LogP contribution >= 0.6 is 0 Å². The number of hydrogen-bond acceptors (Lipinski definition) is 6. The highest BCUT2D eigenvalue weighted by atomic mass is 16.5. The molecule has 2 aliphatic rings. The molecule has 1 unspecified atom stereocenters. The molecule has 2 heterocycles. The van der Waals surface area contributed by atoms with Crippen LogP contribution in [0, 0.1) is 0 Å². The molecule has 0 bridgehead atoms. The Kier molecular flexibility index (Phi) is 3.18. The predicted molar refractivity (Wildman–Crippen MR) is 57.8 cm³/mol. The van der Waals surface area contributed by atoms with E-state index in [2.05, 4.69) is 10.3 Å². The van der Waals surface area contributed by atoms with Crippen molar-refractivity contribution in [3.63, 3.8) is 0 Å². The van der Waals surface area contributed by atoms with Crippen molar-refractivity contribution in [2.75, 3.05) is 6.61 Å². The summed E-state index contributed by atoms with van der Waals surface area (Å²) in [7, 11) is 0. The molecule has 2 amide bonds. The van der Waals surface area contributed by atoms with E-state index in [9.17, 15) is 9.90 Å². The lowest BCUT2D eigenvalue weighted by atomic mass is 10.2. The first-order valence-electron chi connectivity index (χ1n) is 5.40. The quantitative estimate of drug-likeness (QED) is 0.454. The number of nitrogens with zero attached hydrogens (tertiary/aromatic N) is 2. The van der Waals surface area contributed by atoms with Crippen LogP contribution in [0.25, 0.3) is 0 Å². The predicted octanol–water partition coefficient (Wildman–Crippen LogP) is -1.86. The maximum atomic E-state index is 11.7. The van der Waals surface area contributed by atoms with Crippen LogP contribution in [0.3, 0.4) is 0 Å². The minimum atomic E-state index is -0.784. The Labute approximate surface area is 98.1 Å². The molecule has 0 aromatic carbocycles. The highest BCUT2D eigenvalue weighted by Gasteiger charge is 2.41. The van der Waals surface area contributed by atoms with Crippen molar-refractivity contribution in [2.45, 2.75) is 37.9 Å². The van der Waals surface area contributed by atoms with Gasteiger partial charge in [-0.05, 0) is 6.92 Å². The number of rotatable bonds is 2. The molecule has 96 valence electrons. The molecule has 0 aliphatic carbocycles. The SMILES string of the molecule is C[C@@H]1N=C(N)NC(=O)N1[C@H]1CC(O)[C@@H](CO)O1. The van der Waals surface area contributed by atoms with Gasteiger partial charge in [-0.1, -0.05) is 0 Å². The standard InChI is InChI=1S/C9H16N4O4/c1-4-11-8(10)12-9(16)13(4)7-2-5(15)6(3-14)17-7/h4-7,14-15H,2-3H2,1H3,(H3,10,11,12,16)/t4-,5?,6-,7-/m1/s1. The van der Waals surface area contributed by atoms with Gasteiger partial charge in [0.2, 0.25) is 0 Å². The van der Waals surface area contributed by atoms with Crippen LogP contribution in [0.15, 0.2) is 4.99 Å². The fourth-order valence-corrected chi connectivity index (χ4v) is 2.06. The Bertz CT molecular complexity index is 348. The first-order chi connectivity index (χ1) is 8.02. The molecule has 17 heavy (non-hydrogen) atoms. The van der Waals surface area contributed by atoms with Crippen LogP contribution in [-0.4, -0.2) is 58.3 Å². The fraction of sp³-hybridized carbons (Fsp3) is 0.778. The highest BCUT2D eigenvalue weighted by Crippen LogP contribution is 2.25. The molecule has 1 saturated heterocycles. The van der Waals surface area contributed by atoms with Crippen molar-refractivity contribution in [1.82, 2.24) is 10.2 Å². The Morgan fingerprint density at radius 1 is 1.71 bits per heavy atom. The molecule has 0 aromatic rings. The molecule has 2 rings (SSSR count). The van der Waals surface area contributed by atoms with E-state index in [1.165, 1.54) is 4.90 Å². The summed E-state index contributed by atoms with van der Waals surface area (Å²) >= 11 is 0. The number of carbonyl (C=O) groups is 1. The normalized spacial score (nSPS) is 37.9. The molecule has 8 heteroatoms. The maximum absolute atomic E-state index is 11.7. The van der Waals surface area contributed by atoms with Crippen molar-refractivity contribution < 1.29 is 19.7 Å². The zero-order chi connectivity index (χ0) is 12.6. The van der Waals surface area contributed by atoms with Crippen LogP contribution in [0.5, 0.6) is 0 Å². The average molecular weight is 244 g/mol. The molecular weight excluding hydrogens is 228 g/mol. The third kappa shape index (κ3) is 2.19. The van der Waals surface area contributed by atoms with Crippen molar-refractivity contribution >= 4 is 12.0 Å². The number of ether oxygens (including phenoxy) is 1. The number of nitrogens with one attached hydrogen (secondary N) is 1. The smallest absolute Gasteiger partial charge is 0.327 e. The van der Waals surface area contributed by atoms with Crippen LogP contribution in [-0.2, 0) is 4.74 Å². The van der Waals surface area contributed by atoms with Gasteiger partial charge >= 0.3 is 6.03 Å². The summed E-state index contributed by atoms with van der Waals surface area (Å²) in [6.07, 6.45) is -2.26. The van der Waals surface area contributed by atoms with E-state index in [1.807, 2.05) is 0 Å². The van der Waals surface area contributed by atoms with Gasteiger partial charge in [0, 0.05) is 6.42 Å². The second-order valence-electron chi connectivity index (χ2n) is 4.10. The minimum absolute atomic E-state index is 0.0657. The zero-order valence-electron chi connectivity index (χ0n) is 9.41. The third-order valence-corrected chi connectivity index (χ3v) is 2.89. The van der Waals surface area contributed by atoms with Gasteiger partial charge in [0.1, 0.15) is 18.5 Å².